The van der Waals surface area contributed by atoms with E-state index in [0.717, 1.165) is 11.1 Å². The van der Waals surface area contributed by atoms with Gasteiger partial charge in [-0.2, -0.15) is 0 Å². The summed E-state index contributed by atoms with van der Waals surface area (Å²) < 4.78 is 9.85. The van der Waals surface area contributed by atoms with E-state index in [2.05, 4.69) is 0 Å². The van der Waals surface area contributed by atoms with E-state index in [1.807, 2.05) is 13.0 Å². The van der Waals surface area contributed by atoms with Gasteiger partial charge in [0.05, 0.1) is 12.2 Å². The topological polar surface area (TPSA) is 78.6 Å². The molecular weight excluding hydrogens is 234 g/mol. The third-order valence-corrected chi connectivity index (χ3v) is 2.97. The number of anilines is 1. The highest BCUT2D eigenvalue weighted by Gasteiger charge is 2.30. The lowest BCUT2D eigenvalue weighted by Gasteiger charge is -2.11. The summed E-state index contributed by atoms with van der Waals surface area (Å²) in [6, 6.07) is 3.40. The SMILES string of the molecule is Cc1cc(C)c(C(=O)OC2CCOC2=O)cc1N. The van der Waals surface area contributed by atoms with Crippen LogP contribution in [-0.4, -0.2) is 24.6 Å². The van der Waals surface area contributed by atoms with Gasteiger partial charge in [0.2, 0.25) is 6.10 Å². The normalized spacial score (nSPS) is 18.6. The predicted molar refractivity (Wildman–Crippen MR) is 65.1 cm³/mol. The van der Waals surface area contributed by atoms with Gasteiger partial charge >= 0.3 is 11.9 Å². The largest absolute Gasteiger partial charge is 0.463 e. The van der Waals surface area contributed by atoms with Crippen molar-refractivity contribution in [3.8, 4) is 0 Å². The maximum Gasteiger partial charge on any atom is 0.347 e. The standard InChI is InChI=1S/C13H15NO4/c1-7-5-8(2)10(14)6-9(7)12(15)18-11-3-4-17-13(11)16/h5-6,11H,3-4,14H2,1-2H3. The van der Waals surface area contributed by atoms with Gasteiger partial charge in [0.25, 0.3) is 0 Å². The smallest absolute Gasteiger partial charge is 0.347 e. The summed E-state index contributed by atoms with van der Waals surface area (Å²) >= 11 is 0. The van der Waals surface area contributed by atoms with Crippen molar-refractivity contribution in [1.82, 2.24) is 0 Å². The lowest BCUT2D eigenvalue weighted by Crippen LogP contribution is -2.23. The molecule has 0 amide bonds. The lowest BCUT2D eigenvalue weighted by atomic mass is 10.0. The van der Waals surface area contributed by atoms with E-state index < -0.39 is 18.0 Å². The molecule has 0 aliphatic carbocycles. The second kappa shape index (κ2) is 4.68. The second-order valence-corrected chi connectivity index (χ2v) is 4.37. The van der Waals surface area contributed by atoms with Crippen molar-refractivity contribution in [3.05, 3.63) is 28.8 Å². The highest BCUT2D eigenvalue weighted by atomic mass is 16.6. The van der Waals surface area contributed by atoms with Crippen molar-refractivity contribution in [2.75, 3.05) is 12.3 Å². The Hall–Kier alpha value is -2.04. The Morgan fingerprint density at radius 3 is 2.72 bits per heavy atom. The van der Waals surface area contributed by atoms with Crippen LogP contribution >= 0.6 is 0 Å². The van der Waals surface area contributed by atoms with E-state index in [0.29, 0.717) is 24.3 Å². The Morgan fingerprint density at radius 2 is 2.11 bits per heavy atom. The van der Waals surface area contributed by atoms with Crippen molar-refractivity contribution in [1.29, 1.82) is 0 Å². The summed E-state index contributed by atoms with van der Waals surface area (Å²) in [5, 5.41) is 0. The van der Waals surface area contributed by atoms with Gasteiger partial charge in [-0.15, -0.1) is 0 Å². The highest BCUT2D eigenvalue weighted by molar-refractivity contribution is 5.94. The Bertz CT molecular complexity index is 510. The molecule has 1 atom stereocenters. The first-order valence-electron chi connectivity index (χ1n) is 5.73. The third-order valence-electron chi connectivity index (χ3n) is 2.97. The van der Waals surface area contributed by atoms with Crippen molar-refractivity contribution < 1.29 is 19.1 Å². The molecule has 1 fully saturated rings. The highest BCUT2D eigenvalue weighted by Crippen LogP contribution is 2.20. The lowest BCUT2D eigenvalue weighted by molar-refractivity contribution is -0.145. The van der Waals surface area contributed by atoms with Crippen molar-refractivity contribution in [2.45, 2.75) is 26.4 Å². The molecule has 2 rings (SSSR count). The fourth-order valence-electron chi connectivity index (χ4n) is 1.87. The first kappa shape index (κ1) is 12.4. The van der Waals surface area contributed by atoms with Crippen LogP contribution in [-0.2, 0) is 14.3 Å². The van der Waals surface area contributed by atoms with Gasteiger partial charge in [-0.1, -0.05) is 6.07 Å². The minimum absolute atomic E-state index is 0.297. The van der Waals surface area contributed by atoms with E-state index in [1.54, 1.807) is 13.0 Å². The molecule has 1 saturated heterocycles. The number of hydrogen-bond acceptors (Lipinski definition) is 5. The molecule has 1 aromatic carbocycles. The minimum Gasteiger partial charge on any atom is -0.463 e. The molecule has 1 aromatic rings. The molecule has 1 unspecified atom stereocenters. The van der Waals surface area contributed by atoms with Gasteiger partial charge in [-0.25, -0.2) is 9.59 Å². The number of aryl methyl sites for hydroxylation is 2. The number of nitrogen functional groups attached to an aromatic ring is 1. The van der Waals surface area contributed by atoms with E-state index in [-0.39, 0.29) is 0 Å². The number of esters is 2. The first-order valence-corrected chi connectivity index (χ1v) is 5.73. The van der Waals surface area contributed by atoms with Crippen LogP contribution in [0.15, 0.2) is 12.1 Å². The number of ether oxygens (including phenoxy) is 2. The third kappa shape index (κ3) is 2.30. The Kier molecular flexibility index (Phi) is 3.23. The Morgan fingerprint density at radius 1 is 1.39 bits per heavy atom. The van der Waals surface area contributed by atoms with Crippen molar-refractivity contribution in [2.24, 2.45) is 0 Å². The zero-order valence-corrected chi connectivity index (χ0v) is 10.4. The molecule has 1 heterocycles. The van der Waals surface area contributed by atoms with Gasteiger partial charge in [0.1, 0.15) is 0 Å². The number of rotatable bonds is 2. The summed E-state index contributed by atoms with van der Waals surface area (Å²) in [6.07, 6.45) is -0.384. The van der Waals surface area contributed by atoms with Gasteiger partial charge in [-0.3, -0.25) is 0 Å². The van der Waals surface area contributed by atoms with Crippen LogP contribution in [0.5, 0.6) is 0 Å². The molecule has 2 N–H and O–H groups in total. The van der Waals surface area contributed by atoms with E-state index in [9.17, 15) is 9.59 Å². The zero-order chi connectivity index (χ0) is 13.3. The average Bonchev–Trinajstić information content (AvgIpc) is 2.69. The molecule has 0 aromatic heterocycles. The maximum absolute atomic E-state index is 11.9. The van der Waals surface area contributed by atoms with Crippen molar-refractivity contribution in [3.63, 3.8) is 0 Å². The number of hydrogen-bond donors (Lipinski definition) is 1. The number of carbonyl (C=O) groups excluding carboxylic acids is 2. The number of carbonyl (C=O) groups is 2. The molecule has 5 heteroatoms. The summed E-state index contributed by atoms with van der Waals surface area (Å²) in [6.45, 7) is 3.97. The molecule has 96 valence electrons. The van der Waals surface area contributed by atoms with Crippen LogP contribution in [0.3, 0.4) is 0 Å². The number of cyclic esters (lactones) is 1. The predicted octanol–water partition coefficient (Wildman–Crippen LogP) is 1.36. The van der Waals surface area contributed by atoms with Crippen LogP contribution < -0.4 is 5.73 Å². The molecular formula is C13H15NO4. The van der Waals surface area contributed by atoms with E-state index >= 15 is 0 Å². The quantitative estimate of drug-likeness (QED) is 0.632. The molecule has 0 spiro atoms. The van der Waals surface area contributed by atoms with Crippen molar-refractivity contribution >= 4 is 17.6 Å². The van der Waals surface area contributed by atoms with Gasteiger partial charge in [0.15, 0.2) is 0 Å². The summed E-state index contributed by atoms with van der Waals surface area (Å²) in [5.41, 5.74) is 8.36. The van der Waals surface area contributed by atoms with Crippen LogP contribution in [0.25, 0.3) is 0 Å². The fourth-order valence-corrected chi connectivity index (χ4v) is 1.87. The number of benzene rings is 1. The molecule has 0 bridgehead atoms. The number of nitrogens with two attached hydrogens (primary N) is 1. The van der Waals surface area contributed by atoms with Crippen LogP contribution in [0.4, 0.5) is 5.69 Å². The van der Waals surface area contributed by atoms with E-state index in [1.165, 1.54) is 0 Å². The summed E-state index contributed by atoms with van der Waals surface area (Å²) in [4.78, 5) is 23.2. The molecule has 1 aliphatic rings. The summed E-state index contributed by atoms with van der Waals surface area (Å²) in [7, 11) is 0. The van der Waals surface area contributed by atoms with Crippen LogP contribution in [0.1, 0.15) is 27.9 Å². The monoisotopic (exact) mass is 249 g/mol. The van der Waals surface area contributed by atoms with Gasteiger partial charge in [-0.05, 0) is 31.0 Å². The maximum atomic E-state index is 11.9. The fraction of sp³-hybridized carbons (Fsp3) is 0.385. The van der Waals surface area contributed by atoms with Crippen LogP contribution in [0, 0.1) is 13.8 Å². The van der Waals surface area contributed by atoms with E-state index in [4.69, 9.17) is 15.2 Å². The average molecular weight is 249 g/mol. The summed E-state index contributed by atoms with van der Waals surface area (Å²) in [5.74, 6) is -1.02. The zero-order valence-electron chi connectivity index (χ0n) is 10.4. The van der Waals surface area contributed by atoms with Gasteiger partial charge < -0.3 is 15.2 Å². The Balaban J connectivity index is 2.18. The second-order valence-electron chi connectivity index (χ2n) is 4.37. The minimum atomic E-state index is -0.792. The molecule has 18 heavy (non-hydrogen) atoms. The molecule has 0 radical (unpaired) electrons. The van der Waals surface area contributed by atoms with Gasteiger partial charge in [0, 0.05) is 12.1 Å². The molecule has 1 aliphatic heterocycles. The molecule has 5 nitrogen and oxygen atoms in total. The molecule has 0 saturated carbocycles. The Labute approximate surface area is 105 Å². The van der Waals surface area contributed by atoms with Crippen LogP contribution in [0.2, 0.25) is 0 Å². The first-order chi connectivity index (χ1) is 8.49.